The Bertz CT molecular complexity index is 132. The van der Waals surface area contributed by atoms with Crippen LogP contribution in [-0.4, -0.2) is 6.29 Å². The van der Waals surface area contributed by atoms with Crippen molar-refractivity contribution < 1.29 is 4.79 Å². The molecule has 0 radical (unpaired) electrons. The molecular formula is C8H12O. The summed E-state index contributed by atoms with van der Waals surface area (Å²) < 4.78 is 0. The maximum atomic E-state index is 10.1. The molecule has 1 nitrogen and oxygen atoms in total. The van der Waals surface area contributed by atoms with Crippen LogP contribution in [0, 0.1) is 0 Å². The first kappa shape index (κ1) is 8.15. The first-order valence-electron chi connectivity index (χ1n) is 3.13. The van der Waals surface area contributed by atoms with Crippen molar-refractivity contribution in [2.75, 3.05) is 0 Å². The van der Waals surface area contributed by atoms with Crippen LogP contribution in [0.3, 0.4) is 0 Å². The topological polar surface area (TPSA) is 17.1 Å². The van der Waals surface area contributed by atoms with Gasteiger partial charge in [-0.15, -0.1) is 0 Å². The molecule has 0 saturated carbocycles. The number of carbonyl (C=O) groups excluding carboxylic acids is 1. The lowest BCUT2D eigenvalue weighted by atomic mass is 10.2. The zero-order valence-electron chi connectivity index (χ0n) is 5.92. The molecule has 1 heteroatoms. The molecule has 0 bridgehead atoms. The minimum atomic E-state index is 0.747. The lowest BCUT2D eigenvalue weighted by Crippen LogP contribution is -1.75. The SMILES string of the molecule is CC=C(C=O)/C=C\CC. The van der Waals surface area contributed by atoms with E-state index in [2.05, 4.69) is 0 Å². The van der Waals surface area contributed by atoms with E-state index in [1.54, 1.807) is 6.08 Å². The van der Waals surface area contributed by atoms with Crippen LogP contribution >= 0.6 is 0 Å². The van der Waals surface area contributed by atoms with Crippen molar-refractivity contribution in [3.63, 3.8) is 0 Å². The Balaban J connectivity index is 3.84. The van der Waals surface area contributed by atoms with Gasteiger partial charge < -0.3 is 0 Å². The number of allylic oxidation sites excluding steroid dienone is 4. The standard InChI is InChI=1S/C8H12O/c1-3-5-6-8(4-2)7-9/h4-7H,3H2,1-2H3/b6-5-,8-4?. The first-order valence-corrected chi connectivity index (χ1v) is 3.13. The quantitative estimate of drug-likeness (QED) is 0.320. The lowest BCUT2D eigenvalue weighted by Gasteiger charge is -1.83. The third-order valence-corrected chi connectivity index (χ3v) is 1.02. The van der Waals surface area contributed by atoms with Crippen molar-refractivity contribution in [1.29, 1.82) is 0 Å². The van der Waals surface area contributed by atoms with Gasteiger partial charge >= 0.3 is 0 Å². The molecule has 0 fully saturated rings. The maximum absolute atomic E-state index is 10.1. The zero-order chi connectivity index (χ0) is 7.11. The summed E-state index contributed by atoms with van der Waals surface area (Å²) in [6.45, 7) is 3.89. The van der Waals surface area contributed by atoms with Gasteiger partial charge in [0.25, 0.3) is 0 Å². The van der Waals surface area contributed by atoms with E-state index in [0.717, 1.165) is 18.3 Å². The van der Waals surface area contributed by atoms with Crippen molar-refractivity contribution in [2.24, 2.45) is 0 Å². The molecule has 0 unspecified atom stereocenters. The number of carbonyl (C=O) groups is 1. The van der Waals surface area contributed by atoms with Crippen molar-refractivity contribution in [2.45, 2.75) is 20.3 Å². The highest BCUT2D eigenvalue weighted by Crippen LogP contribution is 1.92. The van der Waals surface area contributed by atoms with Gasteiger partial charge in [-0.3, -0.25) is 4.79 Å². The fraction of sp³-hybridized carbons (Fsp3) is 0.375. The fourth-order valence-electron chi connectivity index (χ4n) is 0.457. The number of hydrogen-bond acceptors (Lipinski definition) is 1. The molecule has 0 N–H and O–H groups in total. The molecule has 9 heavy (non-hydrogen) atoms. The minimum absolute atomic E-state index is 0.747. The van der Waals surface area contributed by atoms with E-state index in [-0.39, 0.29) is 0 Å². The van der Waals surface area contributed by atoms with Crippen LogP contribution in [0.5, 0.6) is 0 Å². The normalized spacial score (nSPS) is 12.4. The minimum Gasteiger partial charge on any atom is -0.298 e. The second-order valence-corrected chi connectivity index (χ2v) is 1.72. The molecule has 50 valence electrons. The van der Waals surface area contributed by atoms with Crippen LogP contribution in [0.2, 0.25) is 0 Å². The first-order chi connectivity index (χ1) is 4.35. The summed E-state index contributed by atoms with van der Waals surface area (Å²) in [6, 6.07) is 0. The third kappa shape index (κ3) is 3.71. The van der Waals surface area contributed by atoms with E-state index in [4.69, 9.17) is 0 Å². The van der Waals surface area contributed by atoms with E-state index in [0.29, 0.717) is 0 Å². The summed E-state index contributed by atoms with van der Waals surface area (Å²) in [7, 11) is 0. The lowest BCUT2D eigenvalue weighted by molar-refractivity contribution is -0.104. The van der Waals surface area contributed by atoms with E-state index >= 15 is 0 Å². The molecule has 0 aromatic rings. The molecule has 0 heterocycles. The van der Waals surface area contributed by atoms with Crippen LogP contribution in [-0.2, 0) is 4.79 Å². The van der Waals surface area contributed by atoms with Gasteiger partial charge in [-0.1, -0.05) is 25.2 Å². The van der Waals surface area contributed by atoms with Crippen molar-refractivity contribution in [1.82, 2.24) is 0 Å². The Morgan fingerprint density at radius 2 is 2.22 bits per heavy atom. The Labute approximate surface area is 56.1 Å². The molecule has 0 aromatic heterocycles. The molecule has 0 saturated heterocycles. The molecule has 0 rings (SSSR count). The predicted molar refractivity (Wildman–Crippen MR) is 39.3 cm³/mol. The second-order valence-electron chi connectivity index (χ2n) is 1.72. The molecule has 0 aliphatic carbocycles. The number of rotatable bonds is 3. The summed E-state index contributed by atoms with van der Waals surface area (Å²) in [5.41, 5.74) is 0.747. The highest BCUT2D eigenvalue weighted by molar-refractivity contribution is 5.77. The van der Waals surface area contributed by atoms with Gasteiger partial charge in [0.2, 0.25) is 0 Å². The summed E-state index contributed by atoms with van der Waals surface area (Å²) in [5.74, 6) is 0. The highest BCUT2D eigenvalue weighted by atomic mass is 16.1. The van der Waals surface area contributed by atoms with Crippen LogP contribution < -0.4 is 0 Å². The monoisotopic (exact) mass is 124 g/mol. The second kappa shape index (κ2) is 5.29. The molecule has 0 atom stereocenters. The Morgan fingerprint density at radius 1 is 1.56 bits per heavy atom. The highest BCUT2D eigenvalue weighted by Gasteiger charge is 1.81. The van der Waals surface area contributed by atoms with E-state index in [1.807, 2.05) is 26.0 Å². The molecule has 0 aromatic carbocycles. The summed E-state index contributed by atoms with van der Waals surface area (Å²) >= 11 is 0. The van der Waals surface area contributed by atoms with Crippen molar-refractivity contribution in [3.8, 4) is 0 Å². The molecule has 0 spiro atoms. The Morgan fingerprint density at radius 3 is 2.56 bits per heavy atom. The van der Waals surface area contributed by atoms with E-state index in [9.17, 15) is 4.79 Å². The van der Waals surface area contributed by atoms with Gasteiger partial charge in [-0.2, -0.15) is 0 Å². The van der Waals surface area contributed by atoms with Crippen molar-refractivity contribution >= 4 is 6.29 Å². The van der Waals surface area contributed by atoms with Gasteiger partial charge in [0.05, 0.1) is 0 Å². The van der Waals surface area contributed by atoms with Crippen molar-refractivity contribution in [3.05, 3.63) is 23.8 Å². The van der Waals surface area contributed by atoms with Gasteiger partial charge in [0, 0.05) is 5.57 Å². The van der Waals surface area contributed by atoms with Crippen LogP contribution in [0.15, 0.2) is 23.8 Å². The van der Waals surface area contributed by atoms with E-state index < -0.39 is 0 Å². The molecule has 0 amide bonds. The number of aldehydes is 1. The predicted octanol–water partition coefficient (Wildman–Crippen LogP) is 2.10. The average molecular weight is 124 g/mol. The smallest absolute Gasteiger partial charge is 0.149 e. The Hall–Kier alpha value is -0.850. The van der Waals surface area contributed by atoms with Crippen LogP contribution in [0.1, 0.15) is 20.3 Å². The zero-order valence-corrected chi connectivity index (χ0v) is 5.92. The summed E-state index contributed by atoms with van der Waals surface area (Å²) in [6.07, 6.45) is 7.41. The largest absolute Gasteiger partial charge is 0.298 e. The molecule has 0 aliphatic rings. The fourth-order valence-corrected chi connectivity index (χ4v) is 0.457. The van der Waals surface area contributed by atoms with Gasteiger partial charge in [0.1, 0.15) is 6.29 Å². The van der Waals surface area contributed by atoms with Gasteiger partial charge in [-0.05, 0) is 13.3 Å². The molecule has 0 aliphatic heterocycles. The number of hydrogen-bond donors (Lipinski definition) is 0. The maximum Gasteiger partial charge on any atom is 0.149 e. The van der Waals surface area contributed by atoms with Crippen LogP contribution in [0.4, 0.5) is 0 Å². The summed E-state index contributed by atoms with van der Waals surface area (Å²) in [4.78, 5) is 10.1. The average Bonchev–Trinajstić information content (AvgIpc) is 1.91. The molecular weight excluding hydrogens is 112 g/mol. The third-order valence-electron chi connectivity index (χ3n) is 1.02. The summed E-state index contributed by atoms with van der Waals surface area (Å²) in [5, 5.41) is 0. The van der Waals surface area contributed by atoms with E-state index in [1.165, 1.54) is 0 Å². The Kier molecular flexibility index (Phi) is 4.79. The van der Waals surface area contributed by atoms with Crippen LogP contribution in [0.25, 0.3) is 0 Å². The van der Waals surface area contributed by atoms with Gasteiger partial charge in [0.15, 0.2) is 0 Å². The van der Waals surface area contributed by atoms with Gasteiger partial charge in [-0.25, -0.2) is 0 Å².